The Kier molecular flexibility index (Phi) is 3.07. The fourth-order valence-corrected chi connectivity index (χ4v) is 3.30. The Balaban J connectivity index is 2.01. The lowest BCUT2D eigenvalue weighted by molar-refractivity contribution is 0.618. The number of hydrogen-bond acceptors (Lipinski definition) is 5. The zero-order valence-corrected chi connectivity index (χ0v) is 10.5. The van der Waals surface area contributed by atoms with Gasteiger partial charge in [0.1, 0.15) is 5.82 Å². The number of rotatable bonds is 1. The Labute approximate surface area is 104 Å². The standard InChI is InChI=1S/C11H16N4OS/c16-11-13-9-1-2-12-7-8(9)10(14-11)15-3-5-17-6-4-15/h12H,1-7H2,(H,13,14,16). The Morgan fingerprint density at radius 3 is 2.94 bits per heavy atom. The van der Waals surface area contributed by atoms with E-state index in [1.165, 1.54) is 5.56 Å². The van der Waals surface area contributed by atoms with Crippen molar-refractivity contribution in [3.63, 3.8) is 0 Å². The molecule has 2 N–H and O–H groups in total. The molecule has 0 bridgehead atoms. The minimum atomic E-state index is -0.209. The maximum Gasteiger partial charge on any atom is 0.347 e. The largest absolute Gasteiger partial charge is 0.354 e. The maximum atomic E-state index is 11.6. The van der Waals surface area contributed by atoms with Crippen molar-refractivity contribution in [2.24, 2.45) is 0 Å². The van der Waals surface area contributed by atoms with Gasteiger partial charge in [0.2, 0.25) is 0 Å². The molecule has 17 heavy (non-hydrogen) atoms. The molecule has 2 aliphatic heterocycles. The summed E-state index contributed by atoms with van der Waals surface area (Å²) >= 11 is 1.96. The molecule has 2 aliphatic rings. The van der Waals surface area contributed by atoms with Crippen LogP contribution in [0.25, 0.3) is 0 Å². The number of hydrogen-bond donors (Lipinski definition) is 2. The number of aromatic amines is 1. The highest BCUT2D eigenvalue weighted by Gasteiger charge is 2.21. The van der Waals surface area contributed by atoms with Crippen molar-refractivity contribution in [3.05, 3.63) is 21.7 Å². The third-order valence-electron chi connectivity index (χ3n) is 3.26. The molecule has 92 valence electrons. The van der Waals surface area contributed by atoms with Crippen LogP contribution in [0.2, 0.25) is 0 Å². The van der Waals surface area contributed by atoms with Gasteiger partial charge in [-0.15, -0.1) is 0 Å². The third kappa shape index (κ3) is 2.19. The van der Waals surface area contributed by atoms with Crippen molar-refractivity contribution in [1.29, 1.82) is 0 Å². The van der Waals surface area contributed by atoms with Crippen LogP contribution in [-0.2, 0) is 13.0 Å². The summed E-state index contributed by atoms with van der Waals surface area (Å²) in [6.45, 7) is 3.74. The molecule has 0 atom stereocenters. The second-order valence-electron chi connectivity index (χ2n) is 4.35. The molecule has 3 heterocycles. The quantitative estimate of drug-likeness (QED) is 0.735. The van der Waals surface area contributed by atoms with Gasteiger partial charge >= 0.3 is 5.69 Å². The average Bonchev–Trinajstić information content (AvgIpc) is 2.39. The first kappa shape index (κ1) is 11.1. The molecule has 0 unspecified atom stereocenters. The van der Waals surface area contributed by atoms with Crippen LogP contribution < -0.4 is 15.9 Å². The lowest BCUT2D eigenvalue weighted by Gasteiger charge is -2.30. The van der Waals surface area contributed by atoms with Gasteiger partial charge in [0.15, 0.2) is 0 Å². The highest BCUT2D eigenvalue weighted by atomic mass is 32.2. The number of anilines is 1. The number of aromatic nitrogens is 2. The summed E-state index contributed by atoms with van der Waals surface area (Å²) in [5.74, 6) is 3.14. The summed E-state index contributed by atoms with van der Waals surface area (Å²) in [5.41, 5.74) is 2.04. The van der Waals surface area contributed by atoms with Crippen LogP contribution in [0.1, 0.15) is 11.3 Å². The van der Waals surface area contributed by atoms with Crippen molar-refractivity contribution in [1.82, 2.24) is 15.3 Å². The minimum absolute atomic E-state index is 0.209. The van der Waals surface area contributed by atoms with Gasteiger partial charge in [0.05, 0.1) is 0 Å². The molecule has 0 saturated carbocycles. The van der Waals surface area contributed by atoms with Gasteiger partial charge in [-0.05, 0) is 0 Å². The van der Waals surface area contributed by atoms with Gasteiger partial charge in [-0.3, -0.25) is 0 Å². The number of H-pyrrole nitrogens is 1. The Bertz CT molecular complexity index is 467. The fourth-order valence-electron chi connectivity index (χ4n) is 2.39. The zero-order chi connectivity index (χ0) is 11.7. The lowest BCUT2D eigenvalue weighted by atomic mass is 10.1. The molecule has 1 aromatic rings. The molecule has 1 saturated heterocycles. The lowest BCUT2D eigenvalue weighted by Crippen LogP contribution is -2.38. The van der Waals surface area contributed by atoms with Crippen molar-refractivity contribution >= 4 is 17.6 Å². The van der Waals surface area contributed by atoms with Gasteiger partial charge < -0.3 is 15.2 Å². The minimum Gasteiger partial charge on any atom is -0.354 e. The van der Waals surface area contributed by atoms with Gasteiger partial charge in [-0.2, -0.15) is 16.7 Å². The molecule has 0 aliphatic carbocycles. The maximum absolute atomic E-state index is 11.6. The van der Waals surface area contributed by atoms with E-state index in [2.05, 4.69) is 20.2 Å². The number of nitrogens with one attached hydrogen (secondary N) is 2. The molecule has 0 spiro atoms. The molecule has 0 radical (unpaired) electrons. The summed E-state index contributed by atoms with van der Waals surface area (Å²) in [6.07, 6.45) is 0.892. The van der Waals surface area contributed by atoms with Crippen LogP contribution in [0.5, 0.6) is 0 Å². The van der Waals surface area contributed by atoms with Crippen molar-refractivity contribution in [3.8, 4) is 0 Å². The number of nitrogens with zero attached hydrogens (tertiary/aromatic N) is 2. The van der Waals surface area contributed by atoms with Gasteiger partial charge in [0, 0.05) is 55.4 Å². The summed E-state index contributed by atoms with van der Waals surface area (Å²) in [7, 11) is 0. The summed E-state index contributed by atoms with van der Waals surface area (Å²) in [5, 5.41) is 3.35. The van der Waals surface area contributed by atoms with E-state index in [9.17, 15) is 4.79 Å². The molecule has 1 fully saturated rings. The van der Waals surface area contributed by atoms with Crippen LogP contribution in [0, 0.1) is 0 Å². The molecular weight excluding hydrogens is 236 g/mol. The van der Waals surface area contributed by atoms with E-state index < -0.39 is 0 Å². The molecular formula is C11H16N4OS. The molecule has 0 aromatic carbocycles. The van der Waals surface area contributed by atoms with Gasteiger partial charge in [-0.1, -0.05) is 0 Å². The topological polar surface area (TPSA) is 61.0 Å². The van der Waals surface area contributed by atoms with Crippen LogP contribution >= 0.6 is 11.8 Å². The van der Waals surface area contributed by atoms with Gasteiger partial charge in [0.25, 0.3) is 0 Å². The van der Waals surface area contributed by atoms with E-state index in [1.807, 2.05) is 11.8 Å². The van der Waals surface area contributed by atoms with E-state index in [0.29, 0.717) is 0 Å². The fraction of sp³-hybridized carbons (Fsp3) is 0.636. The normalized spacial score (nSPS) is 20.1. The van der Waals surface area contributed by atoms with Crippen LogP contribution in [-0.4, -0.2) is 41.1 Å². The molecule has 1 aromatic heterocycles. The van der Waals surface area contributed by atoms with Crippen LogP contribution in [0.15, 0.2) is 4.79 Å². The molecule has 6 heteroatoms. The van der Waals surface area contributed by atoms with E-state index in [1.54, 1.807) is 0 Å². The Morgan fingerprint density at radius 2 is 2.12 bits per heavy atom. The molecule has 3 rings (SSSR count). The third-order valence-corrected chi connectivity index (χ3v) is 4.21. The smallest absolute Gasteiger partial charge is 0.347 e. The van der Waals surface area contributed by atoms with Crippen molar-refractivity contribution in [2.75, 3.05) is 36.0 Å². The average molecular weight is 252 g/mol. The first-order valence-corrected chi connectivity index (χ1v) is 7.15. The Hall–Kier alpha value is -1.01. The predicted octanol–water partition coefficient (Wildman–Crippen LogP) is -0.0312. The monoisotopic (exact) mass is 252 g/mol. The van der Waals surface area contributed by atoms with E-state index >= 15 is 0 Å². The Morgan fingerprint density at radius 1 is 1.29 bits per heavy atom. The van der Waals surface area contributed by atoms with E-state index in [4.69, 9.17) is 0 Å². The first-order chi connectivity index (χ1) is 8.34. The summed E-state index contributed by atoms with van der Waals surface area (Å²) in [4.78, 5) is 20.9. The predicted molar refractivity (Wildman–Crippen MR) is 69.8 cm³/mol. The molecule has 5 nitrogen and oxygen atoms in total. The van der Waals surface area contributed by atoms with E-state index in [0.717, 1.165) is 55.6 Å². The van der Waals surface area contributed by atoms with Crippen molar-refractivity contribution in [2.45, 2.75) is 13.0 Å². The van der Waals surface area contributed by atoms with Crippen LogP contribution in [0.4, 0.5) is 5.82 Å². The second-order valence-corrected chi connectivity index (χ2v) is 5.57. The van der Waals surface area contributed by atoms with E-state index in [-0.39, 0.29) is 5.69 Å². The zero-order valence-electron chi connectivity index (χ0n) is 9.66. The van der Waals surface area contributed by atoms with Gasteiger partial charge in [-0.25, -0.2) is 4.79 Å². The first-order valence-electron chi connectivity index (χ1n) is 6.00. The highest BCUT2D eigenvalue weighted by molar-refractivity contribution is 7.99. The van der Waals surface area contributed by atoms with Crippen LogP contribution in [0.3, 0.4) is 0 Å². The number of fused-ring (bicyclic) bond motifs is 1. The molecule has 0 amide bonds. The second kappa shape index (κ2) is 4.70. The highest BCUT2D eigenvalue weighted by Crippen LogP contribution is 2.23. The van der Waals surface area contributed by atoms with Crippen molar-refractivity contribution < 1.29 is 0 Å². The summed E-state index contributed by atoms with van der Waals surface area (Å²) in [6, 6.07) is 0. The SMILES string of the molecule is O=c1nc(N2CCSCC2)c2c([nH]1)CCNC2. The summed E-state index contributed by atoms with van der Waals surface area (Å²) < 4.78 is 0. The number of thioether (sulfide) groups is 1.